The summed E-state index contributed by atoms with van der Waals surface area (Å²) in [7, 11) is -3.76. The fourth-order valence-electron chi connectivity index (χ4n) is 3.14. The molecule has 0 aliphatic rings. The van der Waals surface area contributed by atoms with Gasteiger partial charge in [-0.05, 0) is 54.8 Å². The average Bonchev–Trinajstić information content (AvgIpc) is 2.80. The number of ether oxygens (including phenoxy) is 1. The third kappa shape index (κ3) is 4.87. The van der Waals surface area contributed by atoms with E-state index in [2.05, 4.69) is 15.0 Å². The Bertz CT molecular complexity index is 1340. The second-order valence-corrected chi connectivity index (χ2v) is 8.78. The van der Waals surface area contributed by atoms with Gasteiger partial charge in [-0.1, -0.05) is 36.4 Å². The highest BCUT2D eigenvalue weighted by atomic mass is 32.2. The molecule has 0 saturated carbocycles. The molecule has 0 spiro atoms. The Morgan fingerprint density at radius 1 is 0.906 bits per heavy atom. The zero-order valence-electron chi connectivity index (χ0n) is 17.2. The Labute approximate surface area is 186 Å². The molecular formula is C24H21N3O4S. The molecule has 0 aliphatic heterocycles. The molecule has 1 atom stereocenters. The van der Waals surface area contributed by atoms with Crippen molar-refractivity contribution >= 4 is 38.1 Å². The topological polar surface area (TPSA) is 97.4 Å². The first-order valence-electron chi connectivity index (χ1n) is 9.90. The van der Waals surface area contributed by atoms with Gasteiger partial charge in [0.15, 0.2) is 6.10 Å². The number of benzene rings is 3. The first kappa shape index (κ1) is 21.3. The van der Waals surface area contributed by atoms with E-state index in [0.29, 0.717) is 17.1 Å². The summed E-state index contributed by atoms with van der Waals surface area (Å²) >= 11 is 0. The highest BCUT2D eigenvalue weighted by Crippen LogP contribution is 2.26. The number of aromatic nitrogens is 1. The first-order valence-corrected chi connectivity index (χ1v) is 11.4. The van der Waals surface area contributed by atoms with Crippen molar-refractivity contribution in [1.82, 2.24) is 4.98 Å². The van der Waals surface area contributed by atoms with Crippen LogP contribution in [0, 0.1) is 0 Å². The van der Waals surface area contributed by atoms with Gasteiger partial charge in [-0.3, -0.25) is 14.5 Å². The van der Waals surface area contributed by atoms with Crippen molar-refractivity contribution in [2.75, 3.05) is 10.0 Å². The summed E-state index contributed by atoms with van der Waals surface area (Å²) in [6, 6.07) is 22.6. The molecule has 162 valence electrons. The maximum absolute atomic E-state index is 12.6. The van der Waals surface area contributed by atoms with Crippen LogP contribution in [-0.2, 0) is 14.8 Å². The van der Waals surface area contributed by atoms with E-state index in [1.807, 2.05) is 42.5 Å². The number of amides is 1. The number of nitrogens with one attached hydrogen (secondary N) is 2. The predicted molar refractivity (Wildman–Crippen MR) is 124 cm³/mol. The third-order valence-corrected chi connectivity index (χ3v) is 6.17. The van der Waals surface area contributed by atoms with Crippen LogP contribution in [0.1, 0.15) is 6.92 Å². The minimum atomic E-state index is -3.76. The molecule has 3 aromatic carbocycles. The largest absolute Gasteiger partial charge is 0.480 e. The maximum Gasteiger partial charge on any atom is 0.265 e. The Hall–Kier alpha value is -3.91. The summed E-state index contributed by atoms with van der Waals surface area (Å²) in [6.45, 7) is 1.66. The Morgan fingerprint density at radius 3 is 2.41 bits per heavy atom. The van der Waals surface area contributed by atoms with Gasteiger partial charge < -0.3 is 10.1 Å². The van der Waals surface area contributed by atoms with Crippen LogP contribution < -0.4 is 14.8 Å². The number of hydrogen-bond donors (Lipinski definition) is 2. The van der Waals surface area contributed by atoms with Gasteiger partial charge >= 0.3 is 0 Å². The third-order valence-electron chi connectivity index (χ3n) is 4.77. The number of fused-ring (bicyclic) bond motifs is 1. The van der Waals surface area contributed by atoms with Gasteiger partial charge in [0.05, 0.1) is 16.8 Å². The fraction of sp³-hybridized carbons (Fsp3) is 0.0833. The predicted octanol–water partition coefficient (Wildman–Crippen LogP) is 4.44. The lowest BCUT2D eigenvalue weighted by Gasteiger charge is -2.16. The van der Waals surface area contributed by atoms with E-state index in [-0.39, 0.29) is 10.8 Å². The fourth-order valence-corrected chi connectivity index (χ4v) is 4.18. The van der Waals surface area contributed by atoms with Gasteiger partial charge in [-0.25, -0.2) is 8.42 Å². The number of anilines is 2. The quantitative estimate of drug-likeness (QED) is 0.436. The van der Waals surface area contributed by atoms with Crippen LogP contribution in [0.15, 0.2) is 96.2 Å². The van der Waals surface area contributed by atoms with Gasteiger partial charge in [0, 0.05) is 17.3 Å². The van der Waals surface area contributed by atoms with Crippen LogP contribution in [0.3, 0.4) is 0 Å². The van der Waals surface area contributed by atoms with Crippen molar-refractivity contribution in [3.63, 3.8) is 0 Å². The second kappa shape index (κ2) is 9.07. The van der Waals surface area contributed by atoms with Gasteiger partial charge in [-0.2, -0.15) is 0 Å². The molecule has 0 radical (unpaired) electrons. The molecule has 4 aromatic rings. The zero-order valence-corrected chi connectivity index (χ0v) is 18.0. The molecule has 8 heteroatoms. The second-order valence-electron chi connectivity index (χ2n) is 7.10. The van der Waals surface area contributed by atoms with Gasteiger partial charge in [0.25, 0.3) is 15.9 Å². The first-order chi connectivity index (χ1) is 15.4. The number of pyridine rings is 1. The smallest absolute Gasteiger partial charge is 0.265 e. The van der Waals surface area contributed by atoms with Crippen LogP contribution in [-0.4, -0.2) is 25.4 Å². The lowest BCUT2D eigenvalue weighted by Crippen LogP contribution is -2.30. The molecule has 32 heavy (non-hydrogen) atoms. The number of nitrogens with zero attached hydrogens (tertiary/aromatic N) is 1. The monoisotopic (exact) mass is 447 g/mol. The van der Waals surface area contributed by atoms with Gasteiger partial charge in [0.2, 0.25) is 0 Å². The number of sulfonamides is 1. The molecule has 0 unspecified atom stereocenters. The minimum absolute atomic E-state index is 0.0689. The number of rotatable bonds is 7. The molecule has 1 amide bonds. The van der Waals surface area contributed by atoms with E-state index in [4.69, 9.17) is 4.74 Å². The highest BCUT2D eigenvalue weighted by Gasteiger charge is 2.18. The molecule has 2 N–H and O–H groups in total. The van der Waals surface area contributed by atoms with E-state index in [1.165, 1.54) is 30.5 Å². The van der Waals surface area contributed by atoms with E-state index < -0.39 is 16.1 Å². The Kier molecular flexibility index (Phi) is 6.04. The van der Waals surface area contributed by atoms with Gasteiger partial charge in [-0.15, -0.1) is 0 Å². The van der Waals surface area contributed by atoms with E-state index in [0.717, 1.165) is 10.8 Å². The van der Waals surface area contributed by atoms with Crippen molar-refractivity contribution in [2.45, 2.75) is 17.9 Å². The van der Waals surface area contributed by atoms with Crippen LogP contribution in [0.25, 0.3) is 10.8 Å². The standard InChI is InChI=1S/C24H21N3O4S/c1-17(31-23-10-4-7-18-6-2-3-9-22(18)23)24(28)26-19-11-13-21(14-12-19)32(29,30)27-20-8-5-15-25-16-20/h2-17,27H,1H3,(H,26,28)/t17-/m1/s1. The Morgan fingerprint density at radius 2 is 1.66 bits per heavy atom. The maximum atomic E-state index is 12.6. The zero-order chi connectivity index (χ0) is 22.6. The van der Waals surface area contributed by atoms with Crippen molar-refractivity contribution in [3.8, 4) is 5.75 Å². The molecule has 7 nitrogen and oxygen atoms in total. The Balaban J connectivity index is 1.42. The molecule has 0 fully saturated rings. The normalized spacial score (nSPS) is 12.2. The summed E-state index contributed by atoms with van der Waals surface area (Å²) in [4.78, 5) is 16.6. The van der Waals surface area contributed by atoms with Crippen LogP contribution in [0.4, 0.5) is 11.4 Å². The van der Waals surface area contributed by atoms with E-state index >= 15 is 0 Å². The molecular weight excluding hydrogens is 426 g/mol. The summed E-state index contributed by atoms with van der Waals surface area (Å²) in [5.74, 6) is 0.274. The number of carbonyl (C=O) groups is 1. The number of carbonyl (C=O) groups excluding carboxylic acids is 1. The summed E-state index contributed by atoms with van der Waals surface area (Å²) in [5, 5.41) is 4.69. The van der Waals surface area contributed by atoms with E-state index in [9.17, 15) is 13.2 Å². The molecule has 0 bridgehead atoms. The minimum Gasteiger partial charge on any atom is -0.480 e. The lowest BCUT2D eigenvalue weighted by atomic mass is 10.1. The molecule has 4 rings (SSSR count). The van der Waals surface area contributed by atoms with Crippen LogP contribution in [0.5, 0.6) is 5.75 Å². The van der Waals surface area contributed by atoms with E-state index in [1.54, 1.807) is 25.3 Å². The van der Waals surface area contributed by atoms with Crippen LogP contribution >= 0.6 is 0 Å². The van der Waals surface area contributed by atoms with Gasteiger partial charge in [0.1, 0.15) is 5.75 Å². The molecule has 1 aromatic heterocycles. The SMILES string of the molecule is C[C@@H](Oc1cccc2ccccc12)C(=O)Nc1ccc(S(=O)(=O)Nc2cccnc2)cc1. The molecule has 0 saturated heterocycles. The lowest BCUT2D eigenvalue weighted by molar-refractivity contribution is -0.122. The summed E-state index contributed by atoms with van der Waals surface area (Å²) in [5.41, 5.74) is 0.827. The van der Waals surface area contributed by atoms with Crippen molar-refractivity contribution in [2.24, 2.45) is 0 Å². The average molecular weight is 448 g/mol. The van der Waals surface area contributed by atoms with Crippen molar-refractivity contribution in [1.29, 1.82) is 0 Å². The van der Waals surface area contributed by atoms with Crippen LogP contribution in [0.2, 0.25) is 0 Å². The van der Waals surface area contributed by atoms with Crippen molar-refractivity contribution < 1.29 is 17.9 Å². The summed E-state index contributed by atoms with van der Waals surface area (Å²) < 4.78 is 33.4. The summed E-state index contributed by atoms with van der Waals surface area (Å²) in [6.07, 6.45) is 2.22. The highest BCUT2D eigenvalue weighted by molar-refractivity contribution is 7.92. The number of hydrogen-bond acceptors (Lipinski definition) is 5. The molecule has 0 aliphatic carbocycles. The molecule has 1 heterocycles. The van der Waals surface area contributed by atoms with Crippen molar-refractivity contribution in [3.05, 3.63) is 91.3 Å².